The molecule has 0 bridgehead atoms. The Bertz CT molecular complexity index is 968. The maximum Gasteiger partial charge on any atom is 0.281 e. The minimum absolute atomic E-state index is 0.104. The SMILES string of the molecule is COc1ccccc1-c1noc(NS(=O)(=O)c2ccccc2)c1OC. The molecule has 0 saturated heterocycles. The van der Waals surface area contributed by atoms with Gasteiger partial charge >= 0.3 is 0 Å². The number of hydrogen-bond donors (Lipinski definition) is 1. The second-order valence-electron chi connectivity index (χ2n) is 5.01. The van der Waals surface area contributed by atoms with Crippen LogP contribution in [0.1, 0.15) is 0 Å². The second-order valence-corrected chi connectivity index (χ2v) is 6.69. The number of anilines is 1. The number of nitrogens with zero attached hydrogens (tertiary/aromatic N) is 1. The van der Waals surface area contributed by atoms with Gasteiger partial charge in [0.05, 0.1) is 19.1 Å². The quantitative estimate of drug-likeness (QED) is 0.726. The minimum Gasteiger partial charge on any atom is -0.496 e. The normalized spacial score (nSPS) is 11.1. The molecule has 7 nitrogen and oxygen atoms in total. The van der Waals surface area contributed by atoms with E-state index in [9.17, 15) is 8.42 Å². The molecule has 130 valence electrons. The molecular weight excluding hydrogens is 344 g/mol. The Balaban J connectivity index is 2.01. The second kappa shape index (κ2) is 6.86. The third-order valence-electron chi connectivity index (χ3n) is 3.50. The number of benzene rings is 2. The minimum atomic E-state index is -3.83. The zero-order chi connectivity index (χ0) is 17.9. The van der Waals surface area contributed by atoms with Gasteiger partial charge in [-0.2, -0.15) is 0 Å². The van der Waals surface area contributed by atoms with Crippen LogP contribution in [0.4, 0.5) is 5.88 Å². The van der Waals surface area contributed by atoms with Gasteiger partial charge in [0.2, 0.25) is 5.75 Å². The highest BCUT2D eigenvalue weighted by Gasteiger charge is 2.25. The lowest BCUT2D eigenvalue weighted by atomic mass is 10.1. The Morgan fingerprint density at radius 3 is 2.32 bits per heavy atom. The first-order valence-electron chi connectivity index (χ1n) is 7.31. The fourth-order valence-corrected chi connectivity index (χ4v) is 3.34. The lowest BCUT2D eigenvalue weighted by Gasteiger charge is -2.08. The number of para-hydroxylation sites is 1. The van der Waals surface area contributed by atoms with Crippen molar-refractivity contribution in [2.45, 2.75) is 4.90 Å². The summed E-state index contributed by atoms with van der Waals surface area (Å²) in [7, 11) is -0.885. The summed E-state index contributed by atoms with van der Waals surface area (Å²) >= 11 is 0. The van der Waals surface area contributed by atoms with Gasteiger partial charge < -0.3 is 14.0 Å². The predicted molar refractivity (Wildman–Crippen MR) is 92.3 cm³/mol. The number of methoxy groups -OCH3 is 2. The van der Waals surface area contributed by atoms with Crippen molar-refractivity contribution in [3.8, 4) is 22.8 Å². The Labute approximate surface area is 145 Å². The lowest BCUT2D eigenvalue weighted by Crippen LogP contribution is -2.12. The molecule has 3 aromatic rings. The standard InChI is InChI=1S/C17H16N2O5S/c1-22-14-11-7-6-10-13(14)15-16(23-2)17(24-18-15)19-25(20,21)12-8-4-3-5-9-12/h3-11,19H,1-2H3. The van der Waals surface area contributed by atoms with E-state index in [2.05, 4.69) is 9.88 Å². The molecule has 0 aliphatic rings. The van der Waals surface area contributed by atoms with Crippen molar-refractivity contribution in [3.05, 3.63) is 54.6 Å². The van der Waals surface area contributed by atoms with Crippen molar-refractivity contribution < 1.29 is 22.4 Å². The summed E-state index contributed by atoms with van der Waals surface area (Å²) in [6, 6.07) is 15.1. The number of hydrogen-bond acceptors (Lipinski definition) is 6. The van der Waals surface area contributed by atoms with E-state index in [4.69, 9.17) is 14.0 Å². The van der Waals surface area contributed by atoms with Crippen molar-refractivity contribution in [2.24, 2.45) is 0 Å². The largest absolute Gasteiger partial charge is 0.496 e. The van der Waals surface area contributed by atoms with Crippen LogP contribution in [-0.2, 0) is 10.0 Å². The third kappa shape index (κ3) is 3.29. The molecule has 1 N–H and O–H groups in total. The third-order valence-corrected chi connectivity index (χ3v) is 4.84. The first-order chi connectivity index (χ1) is 12.1. The average molecular weight is 360 g/mol. The van der Waals surface area contributed by atoms with Crippen molar-refractivity contribution in [1.82, 2.24) is 5.16 Å². The molecule has 0 aliphatic heterocycles. The summed E-state index contributed by atoms with van der Waals surface area (Å²) < 4.78 is 43.1. The molecular formula is C17H16N2O5S. The van der Waals surface area contributed by atoms with E-state index < -0.39 is 10.0 Å². The van der Waals surface area contributed by atoms with E-state index in [1.807, 2.05) is 6.07 Å². The molecule has 2 aromatic carbocycles. The number of aromatic nitrogens is 1. The van der Waals surface area contributed by atoms with Gasteiger partial charge in [0.15, 0.2) is 5.69 Å². The van der Waals surface area contributed by atoms with E-state index in [-0.39, 0.29) is 16.5 Å². The molecule has 0 radical (unpaired) electrons. The monoisotopic (exact) mass is 360 g/mol. The molecule has 1 heterocycles. The smallest absolute Gasteiger partial charge is 0.281 e. The summed E-state index contributed by atoms with van der Waals surface area (Å²) in [5.41, 5.74) is 0.960. The zero-order valence-electron chi connectivity index (χ0n) is 13.6. The summed E-state index contributed by atoms with van der Waals surface area (Å²) in [5, 5.41) is 3.94. The average Bonchev–Trinajstić information content (AvgIpc) is 3.04. The number of nitrogens with one attached hydrogen (secondary N) is 1. The van der Waals surface area contributed by atoms with Gasteiger partial charge in [0.25, 0.3) is 15.9 Å². The molecule has 25 heavy (non-hydrogen) atoms. The van der Waals surface area contributed by atoms with E-state index in [0.29, 0.717) is 17.0 Å². The van der Waals surface area contributed by atoms with E-state index >= 15 is 0 Å². The first kappa shape index (κ1) is 16.8. The Kier molecular flexibility index (Phi) is 4.62. The van der Waals surface area contributed by atoms with Gasteiger partial charge in [-0.05, 0) is 24.3 Å². The fraction of sp³-hybridized carbons (Fsp3) is 0.118. The van der Waals surface area contributed by atoms with Crippen LogP contribution in [0.15, 0.2) is 64.0 Å². The van der Waals surface area contributed by atoms with E-state index in [1.54, 1.807) is 36.4 Å². The van der Waals surface area contributed by atoms with Gasteiger partial charge in [-0.1, -0.05) is 35.5 Å². The lowest BCUT2D eigenvalue weighted by molar-refractivity contribution is 0.403. The van der Waals surface area contributed by atoms with Crippen LogP contribution in [0.3, 0.4) is 0 Å². The maximum atomic E-state index is 12.5. The van der Waals surface area contributed by atoms with Crippen molar-refractivity contribution in [3.63, 3.8) is 0 Å². The molecule has 8 heteroatoms. The van der Waals surface area contributed by atoms with E-state index in [1.165, 1.54) is 26.4 Å². The summed E-state index contributed by atoms with van der Waals surface area (Å²) in [6.07, 6.45) is 0. The predicted octanol–water partition coefficient (Wildman–Crippen LogP) is 3.16. The molecule has 0 atom stereocenters. The molecule has 0 unspecified atom stereocenters. The van der Waals surface area contributed by atoms with Gasteiger partial charge in [-0.25, -0.2) is 13.1 Å². The molecule has 0 aliphatic carbocycles. The highest BCUT2D eigenvalue weighted by Crippen LogP contribution is 2.40. The van der Waals surface area contributed by atoms with Gasteiger partial charge in [-0.15, -0.1) is 0 Å². The van der Waals surface area contributed by atoms with Crippen molar-refractivity contribution in [1.29, 1.82) is 0 Å². The van der Waals surface area contributed by atoms with Gasteiger partial charge in [-0.3, -0.25) is 0 Å². The number of ether oxygens (including phenoxy) is 2. The molecule has 0 saturated carbocycles. The Morgan fingerprint density at radius 2 is 1.64 bits per heavy atom. The molecule has 1 aromatic heterocycles. The summed E-state index contributed by atoms with van der Waals surface area (Å²) in [6.45, 7) is 0. The Morgan fingerprint density at radius 1 is 0.960 bits per heavy atom. The number of sulfonamides is 1. The van der Waals surface area contributed by atoms with Crippen LogP contribution in [-0.4, -0.2) is 27.8 Å². The molecule has 0 amide bonds. The zero-order valence-corrected chi connectivity index (χ0v) is 14.4. The van der Waals surface area contributed by atoms with Gasteiger partial charge in [0, 0.05) is 5.56 Å². The summed E-state index contributed by atoms with van der Waals surface area (Å²) in [4.78, 5) is 0.104. The highest BCUT2D eigenvalue weighted by molar-refractivity contribution is 7.92. The maximum absolute atomic E-state index is 12.5. The Hall–Kier alpha value is -3.00. The topological polar surface area (TPSA) is 90.7 Å². The molecule has 0 fully saturated rings. The highest BCUT2D eigenvalue weighted by atomic mass is 32.2. The summed E-state index contributed by atoms with van der Waals surface area (Å²) in [5.74, 6) is 0.628. The van der Waals surface area contributed by atoms with Gasteiger partial charge in [0.1, 0.15) is 5.75 Å². The van der Waals surface area contributed by atoms with Crippen molar-refractivity contribution in [2.75, 3.05) is 18.9 Å². The van der Waals surface area contributed by atoms with Crippen LogP contribution < -0.4 is 14.2 Å². The van der Waals surface area contributed by atoms with E-state index in [0.717, 1.165) is 0 Å². The van der Waals surface area contributed by atoms with Crippen LogP contribution in [0, 0.1) is 0 Å². The number of rotatable bonds is 6. The van der Waals surface area contributed by atoms with Crippen molar-refractivity contribution >= 4 is 15.9 Å². The molecule has 3 rings (SSSR count). The van der Waals surface area contributed by atoms with Crippen LogP contribution in [0.5, 0.6) is 11.5 Å². The van der Waals surface area contributed by atoms with Crippen LogP contribution in [0.25, 0.3) is 11.3 Å². The first-order valence-corrected chi connectivity index (χ1v) is 8.80. The molecule has 0 spiro atoms. The van der Waals surface area contributed by atoms with Crippen LogP contribution >= 0.6 is 0 Å². The van der Waals surface area contributed by atoms with Crippen LogP contribution in [0.2, 0.25) is 0 Å². The fourth-order valence-electron chi connectivity index (χ4n) is 2.33.